The molecule has 0 saturated carbocycles. The number of nitrogens with zero attached hydrogens (tertiary/aromatic N) is 2. The molecule has 0 spiro atoms. The number of allylic oxidation sites excluding steroid dienone is 2. The molecule has 0 aromatic heterocycles. The van der Waals surface area contributed by atoms with Crippen molar-refractivity contribution in [3.05, 3.63) is 41.6 Å². The molecule has 0 saturated heterocycles. The fourth-order valence-corrected chi connectivity index (χ4v) is 2.39. The minimum atomic E-state index is -0.340. The molecular formula is C15H18N2O3S. The number of hydrogen-bond acceptors (Lipinski definition) is 6. The van der Waals surface area contributed by atoms with Crippen molar-refractivity contribution < 1.29 is 14.3 Å². The van der Waals surface area contributed by atoms with Gasteiger partial charge in [0.25, 0.3) is 0 Å². The summed E-state index contributed by atoms with van der Waals surface area (Å²) in [5, 5.41) is -0.340. The smallest absolute Gasteiger partial charge is 0.388 e. The van der Waals surface area contributed by atoms with Gasteiger partial charge in [0.05, 0.1) is 19.1 Å². The number of methoxy groups -OCH3 is 1. The molecule has 0 radical (unpaired) electrons. The maximum atomic E-state index is 11.8. The van der Waals surface area contributed by atoms with Crippen molar-refractivity contribution in [3.8, 4) is 5.75 Å². The van der Waals surface area contributed by atoms with Gasteiger partial charge in [-0.1, -0.05) is 12.1 Å². The lowest BCUT2D eigenvalue weighted by atomic mass is 10.2. The summed E-state index contributed by atoms with van der Waals surface area (Å²) >= 11 is 1.03. The Labute approximate surface area is 128 Å². The van der Waals surface area contributed by atoms with Gasteiger partial charge < -0.3 is 9.47 Å². The van der Waals surface area contributed by atoms with Crippen LogP contribution in [0.1, 0.15) is 19.4 Å². The van der Waals surface area contributed by atoms with Crippen LogP contribution in [0.4, 0.5) is 4.79 Å². The Bertz CT molecular complexity index is 567. The topological polar surface area (TPSA) is 51.1 Å². The van der Waals surface area contributed by atoms with Gasteiger partial charge in [-0.3, -0.25) is 9.30 Å². The van der Waals surface area contributed by atoms with Crippen LogP contribution in [0, 0.1) is 0 Å². The average Bonchev–Trinajstić information content (AvgIpc) is 2.48. The second-order valence-corrected chi connectivity index (χ2v) is 5.54. The van der Waals surface area contributed by atoms with Crippen LogP contribution in [0.5, 0.6) is 5.75 Å². The number of carbonyl (C=O) groups excluding carboxylic acids is 1. The number of aliphatic imine (C=N–C) groups is 1. The van der Waals surface area contributed by atoms with E-state index >= 15 is 0 Å². The van der Waals surface area contributed by atoms with Gasteiger partial charge in [-0.25, -0.2) is 4.79 Å². The van der Waals surface area contributed by atoms with E-state index in [2.05, 4.69) is 4.99 Å². The Kier molecular flexibility index (Phi) is 5.27. The summed E-state index contributed by atoms with van der Waals surface area (Å²) in [6.07, 6.45) is 1.94. The molecule has 0 bridgehead atoms. The Balaban J connectivity index is 1.81. The van der Waals surface area contributed by atoms with Gasteiger partial charge in [0.15, 0.2) is 0 Å². The molecule has 0 unspecified atom stereocenters. The molecule has 5 nitrogen and oxygen atoms in total. The zero-order chi connectivity index (χ0) is 15.2. The van der Waals surface area contributed by atoms with Gasteiger partial charge in [0.2, 0.25) is 0 Å². The molecule has 2 rings (SSSR count). The molecule has 0 fully saturated rings. The number of rotatable bonds is 4. The molecule has 0 N–H and O–H groups in total. The maximum Gasteiger partial charge on any atom is 0.388 e. The number of hydrogen-bond donors (Lipinski definition) is 0. The van der Waals surface area contributed by atoms with Crippen molar-refractivity contribution in [2.24, 2.45) is 4.99 Å². The quantitative estimate of drug-likeness (QED) is 0.628. The van der Waals surface area contributed by atoms with Crippen LogP contribution in [0.25, 0.3) is 0 Å². The monoisotopic (exact) mass is 306 g/mol. The first-order valence-electron chi connectivity index (χ1n) is 6.53. The molecule has 1 aromatic carbocycles. The number of carbonyl (C=O) groups is 1. The van der Waals surface area contributed by atoms with Crippen LogP contribution < -0.4 is 4.74 Å². The summed E-state index contributed by atoms with van der Waals surface area (Å²) in [6.45, 7) is 4.60. The first-order chi connectivity index (χ1) is 10.1. The van der Waals surface area contributed by atoms with E-state index in [1.165, 1.54) is 0 Å². The molecule has 0 amide bonds. The standard InChI is InChI=1S/C15H18N2O3S/c1-11-8-12(2)17(10-16-11)21-15(18)20-9-13-4-6-14(19-3)7-5-13/h4-8H,9-10H2,1-3H3. The third kappa shape index (κ3) is 4.53. The van der Waals surface area contributed by atoms with Crippen LogP contribution in [0.3, 0.4) is 0 Å². The van der Waals surface area contributed by atoms with Crippen LogP contribution >= 0.6 is 11.9 Å². The highest BCUT2D eigenvalue weighted by atomic mass is 32.2. The fraction of sp³-hybridized carbons (Fsp3) is 0.333. The summed E-state index contributed by atoms with van der Waals surface area (Å²) in [6, 6.07) is 7.42. The molecule has 1 heterocycles. The largest absolute Gasteiger partial charge is 0.497 e. The van der Waals surface area contributed by atoms with Crippen LogP contribution in [0.15, 0.2) is 41.0 Å². The summed E-state index contributed by atoms with van der Waals surface area (Å²) < 4.78 is 12.1. The minimum absolute atomic E-state index is 0.245. The van der Waals surface area contributed by atoms with Gasteiger partial charge in [-0.2, -0.15) is 0 Å². The third-order valence-corrected chi connectivity index (χ3v) is 3.85. The van der Waals surface area contributed by atoms with Gasteiger partial charge in [-0.05, 0) is 37.6 Å². The summed E-state index contributed by atoms with van der Waals surface area (Å²) in [4.78, 5) is 16.1. The predicted molar refractivity (Wildman–Crippen MR) is 84.3 cm³/mol. The van der Waals surface area contributed by atoms with Crippen LogP contribution in [-0.4, -0.2) is 29.1 Å². The van der Waals surface area contributed by atoms with Crippen molar-refractivity contribution in [3.63, 3.8) is 0 Å². The van der Waals surface area contributed by atoms with E-state index < -0.39 is 0 Å². The van der Waals surface area contributed by atoms with Crippen molar-refractivity contribution in [1.29, 1.82) is 0 Å². The second kappa shape index (κ2) is 7.17. The SMILES string of the molecule is COc1ccc(COC(=O)SN2CN=C(C)C=C2C)cc1. The van der Waals surface area contributed by atoms with E-state index in [-0.39, 0.29) is 11.9 Å². The van der Waals surface area contributed by atoms with E-state index in [1.807, 2.05) is 48.5 Å². The van der Waals surface area contributed by atoms with Crippen molar-refractivity contribution in [1.82, 2.24) is 4.31 Å². The number of ether oxygens (including phenoxy) is 2. The third-order valence-electron chi connectivity index (χ3n) is 2.96. The first-order valence-corrected chi connectivity index (χ1v) is 7.30. The van der Waals surface area contributed by atoms with Gasteiger partial charge >= 0.3 is 5.30 Å². The maximum absolute atomic E-state index is 11.8. The second-order valence-electron chi connectivity index (χ2n) is 4.58. The lowest BCUT2D eigenvalue weighted by molar-refractivity contribution is 0.168. The van der Waals surface area contributed by atoms with E-state index in [0.29, 0.717) is 6.67 Å². The van der Waals surface area contributed by atoms with E-state index in [4.69, 9.17) is 9.47 Å². The van der Waals surface area contributed by atoms with E-state index in [0.717, 1.165) is 34.7 Å². The summed E-state index contributed by atoms with van der Waals surface area (Å²) in [7, 11) is 1.62. The van der Waals surface area contributed by atoms with Crippen LogP contribution in [0.2, 0.25) is 0 Å². The van der Waals surface area contributed by atoms with E-state index in [9.17, 15) is 4.79 Å². The molecule has 1 aliphatic heterocycles. The highest BCUT2D eigenvalue weighted by Crippen LogP contribution is 2.22. The lowest BCUT2D eigenvalue weighted by Crippen LogP contribution is -2.21. The molecule has 21 heavy (non-hydrogen) atoms. The minimum Gasteiger partial charge on any atom is -0.497 e. The highest BCUT2D eigenvalue weighted by molar-refractivity contribution is 8.11. The molecular weight excluding hydrogens is 288 g/mol. The molecule has 1 aliphatic rings. The molecule has 112 valence electrons. The average molecular weight is 306 g/mol. The van der Waals surface area contributed by atoms with Crippen LogP contribution in [-0.2, 0) is 11.3 Å². The van der Waals surface area contributed by atoms with Gasteiger partial charge in [0, 0.05) is 11.4 Å². The molecule has 6 heteroatoms. The Morgan fingerprint density at radius 3 is 2.67 bits per heavy atom. The Hall–Kier alpha value is -1.95. The van der Waals surface area contributed by atoms with Crippen molar-refractivity contribution >= 4 is 23.0 Å². The first kappa shape index (κ1) is 15.4. The predicted octanol–water partition coefficient (Wildman–Crippen LogP) is 3.62. The Morgan fingerprint density at radius 1 is 1.33 bits per heavy atom. The molecule has 0 atom stereocenters. The Morgan fingerprint density at radius 2 is 2.05 bits per heavy atom. The summed E-state index contributed by atoms with van der Waals surface area (Å²) in [5.74, 6) is 0.779. The van der Waals surface area contributed by atoms with Crippen molar-refractivity contribution in [2.75, 3.05) is 13.8 Å². The highest BCUT2D eigenvalue weighted by Gasteiger charge is 2.16. The molecule has 0 aliphatic carbocycles. The van der Waals surface area contributed by atoms with Gasteiger partial charge in [0.1, 0.15) is 19.0 Å². The lowest BCUT2D eigenvalue weighted by Gasteiger charge is -2.23. The zero-order valence-corrected chi connectivity index (χ0v) is 13.1. The summed E-state index contributed by atoms with van der Waals surface area (Å²) in [5.41, 5.74) is 2.88. The van der Waals surface area contributed by atoms with Gasteiger partial charge in [-0.15, -0.1) is 0 Å². The molecule has 1 aromatic rings. The normalized spacial score (nSPS) is 14.3. The fourth-order valence-electron chi connectivity index (χ4n) is 1.79. The zero-order valence-electron chi connectivity index (χ0n) is 12.3. The van der Waals surface area contributed by atoms with Crippen molar-refractivity contribution in [2.45, 2.75) is 20.5 Å². The van der Waals surface area contributed by atoms with E-state index in [1.54, 1.807) is 7.11 Å². The number of benzene rings is 1.